The van der Waals surface area contributed by atoms with E-state index in [1.165, 1.54) is 0 Å². The zero-order valence-corrected chi connectivity index (χ0v) is 14.1. The van der Waals surface area contributed by atoms with Crippen molar-refractivity contribution in [1.29, 1.82) is 0 Å². The molecular weight excluding hydrogens is 337 g/mol. The molecule has 0 saturated carbocycles. The molecule has 6 heteroatoms. The van der Waals surface area contributed by atoms with Gasteiger partial charge in [-0.1, -0.05) is 41.4 Å². The summed E-state index contributed by atoms with van der Waals surface area (Å²) >= 11 is 11.9. The molecule has 122 valence electrons. The highest BCUT2D eigenvalue weighted by molar-refractivity contribution is 6.31. The molecule has 23 heavy (non-hydrogen) atoms. The smallest absolute Gasteiger partial charge is 0.258 e. The first kappa shape index (κ1) is 17.6. The van der Waals surface area contributed by atoms with Gasteiger partial charge in [0.15, 0.2) is 6.61 Å². The van der Waals surface area contributed by atoms with E-state index in [1.807, 2.05) is 18.2 Å². The van der Waals surface area contributed by atoms with E-state index in [9.17, 15) is 4.79 Å². The number of hydrogen-bond acceptors (Lipinski definition) is 3. The van der Waals surface area contributed by atoms with E-state index in [0.29, 0.717) is 22.3 Å². The molecule has 0 radical (unpaired) electrons. The van der Waals surface area contributed by atoms with Gasteiger partial charge in [0.2, 0.25) is 0 Å². The summed E-state index contributed by atoms with van der Waals surface area (Å²) in [6, 6.07) is 14.2. The molecule has 1 amide bonds. The number of benzene rings is 2. The van der Waals surface area contributed by atoms with Gasteiger partial charge in [-0.3, -0.25) is 4.79 Å². The third-order valence-electron chi connectivity index (χ3n) is 3.20. The lowest BCUT2D eigenvalue weighted by Crippen LogP contribution is -2.33. The van der Waals surface area contributed by atoms with E-state index < -0.39 is 0 Å². The number of ether oxygens (including phenoxy) is 2. The van der Waals surface area contributed by atoms with Crippen LogP contribution in [0.1, 0.15) is 11.7 Å². The highest BCUT2D eigenvalue weighted by atomic mass is 35.5. The Morgan fingerprint density at radius 1 is 1.13 bits per heavy atom. The fraction of sp³-hybridized carbons (Fsp3) is 0.235. The van der Waals surface area contributed by atoms with Crippen molar-refractivity contribution in [2.24, 2.45) is 0 Å². The summed E-state index contributed by atoms with van der Waals surface area (Å²) in [5, 5.41) is 3.99. The van der Waals surface area contributed by atoms with Gasteiger partial charge in [-0.05, 0) is 30.3 Å². The van der Waals surface area contributed by atoms with Crippen molar-refractivity contribution in [3.05, 3.63) is 64.1 Å². The Morgan fingerprint density at radius 3 is 2.48 bits per heavy atom. The summed E-state index contributed by atoms with van der Waals surface area (Å²) in [6.45, 7) is 0.226. The Kier molecular flexibility index (Phi) is 6.71. The number of carbonyl (C=O) groups excluding carboxylic acids is 1. The third-order valence-corrected chi connectivity index (χ3v) is 3.80. The molecule has 0 bridgehead atoms. The maximum atomic E-state index is 11.9. The number of rotatable bonds is 7. The molecule has 1 N–H and O–H groups in total. The normalized spacial score (nSPS) is 11.8. The van der Waals surface area contributed by atoms with Crippen LogP contribution in [0.5, 0.6) is 5.75 Å². The molecule has 0 aromatic heterocycles. The van der Waals surface area contributed by atoms with Gasteiger partial charge in [0.25, 0.3) is 5.91 Å². The van der Waals surface area contributed by atoms with Crippen LogP contribution in [0.25, 0.3) is 0 Å². The first-order valence-electron chi connectivity index (χ1n) is 7.02. The number of carbonyl (C=O) groups is 1. The lowest BCUT2D eigenvalue weighted by molar-refractivity contribution is -0.123. The minimum atomic E-state index is -0.316. The van der Waals surface area contributed by atoms with Crippen molar-refractivity contribution in [3.8, 4) is 5.75 Å². The molecule has 2 aromatic carbocycles. The van der Waals surface area contributed by atoms with Gasteiger partial charge < -0.3 is 14.8 Å². The van der Waals surface area contributed by atoms with Gasteiger partial charge in [0.05, 0.1) is 0 Å². The van der Waals surface area contributed by atoms with E-state index in [0.717, 1.165) is 5.56 Å². The van der Waals surface area contributed by atoms with Crippen molar-refractivity contribution >= 4 is 29.1 Å². The lowest BCUT2D eigenvalue weighted by Gasteiger charge is -2.17. The molecule has 2 rings (SSSR count). The Hall–Kier alpha value is -1.75. The van der Waals surface area contributed by atoms with Crippen LogP contribution >= 0.6 is 23.2 Å². The molecule has 0 aliphatic carbocycles. The first-order valence-corrected chi connectivity index (χ1v) is 7.78. The van der Waals surface area contributed by atoms with Crippen molar-refractivity contribution < 1.29 is 14.3 Å². The van der Waals surface area contributed by atoms with Gasteiger partial charge in [0.1, 0.15) is 11.9 Å². The highest BCUT2D eigenvalue weighted by Crippen LogP contribution is 2.24. The summed E-state index contributed by atoms with van der Waals surface area (Å²) in [6.07, 6.45) is -0.316. The van der Waals surface area contributed by atoms with Gasteiger partial charge in [0, 0.05) is 29.3 Å². The lowest BCUT2D eigenvalue weighted by atomic mass is 10.1. The summed E-state index contributed by atoms with van der Waals surface area (Å²) in [7, 11) is 1.57. The van der Waals surface area contributed by atoms with E-state index >= 15 is 0 Å². The summed E-state index contributed by atoms with van der Waals surface area (Å²) in [4.78, 5) is 11.9. The second kappa shape index (κ2) is 8.77. The Labute approximate surface area is 145 Å². The largest absolute Gasteiger partial charge is 0.484 e. The van der Waals surface area contributed by atoms with Crippen LogP contribution in [0.2, 0.25) is 10.0 Å². The van der Waals surface area contributed by atoms with E-state index in [-0.39, 0.29) is 18.6 Å². The maximum Gasteiger partial charge on any atom is 0.258 e. The zero-order valence-electron chi connectivity index (χ0n) is 12.6. The van der Waals surface area contributed by atoms with Crippen LogP contribution in [0.3, 0.4) is 0 Å². The molecule has 0 heterocycles. The van der Waals surface area contributed by atoms with Gasteiger partial charge in [-0.2, -0.15) is 0 Å². The standard InChI is InChI=1S/C17H17Cl2NO3/c1-22-16(14-4-2-3-5-15(14)19)10-20-17(21)11-23-13-8-6-12(18)7-9-13/h2-9,16H,10-11H2,1H3,(H,20,21). The van der Waals surface area contributed by atoms with Gasteiger partial charge in [-0.15, -0.1) is 0 Å². The van der Waals surface area contributed by atoms with Crippen LogP contribution in [-0.2, 0) is 9.53 Å². The topological polar surface area (TPSA) is 47.6 Å². The predicted octanol–water partition coefficient (Wildman–Crippen LogP) is 3.88. The Bertz CT molecular complexity index is 647. The fourth-order valence-electron chi connectivity index (χ4n) is 1.99. The van der Waals surface area contributed by atoms with Crippen molar-refractivity contribution in [3.63, 3.8) is 0 Å². The Morgan fingerprint density at radius 2 is 1.83 bits per heavy atom. The summed E-state index contributed by atoms with van der Waals surface area (Å²) in [5.41, 5.74) is 0.829. The number of halogens is 2. The van der Waals surface area contributed by atoms with E-state index in [4.69, 9.17) is 32.7 Å². The SMILES string of the molecule is COC(CNC(=O)COc1ccc(Cl)cc1)c1ccccc1Cl. The zero-order chi connectivity index (χ0) is 16.7. The molecule has 1 unspecified atom stereocenters. The second-order valence-corrected chi connectivity index (χ2v) is 5.64. The minimum Gasteiger partial charge on any atom is -0.484 e. The van der Waals surface area contributed by atoms with Crippen LogP contribution in [0.15, 0.2) is 48.5 Å². The van der Waals surface area contributed by atoms with Gasteiger partial charge in [-0.25, -0.2) is 0 Å². The van der Waals surface area contributed by atoms with Crippen LogP contribution < -0.4 is 10.1 Å². The molecule has 0 saturated heterocycles. The molecule has 0 fully saturated rings. The second-order valence-electron chi connectivity index (χ2n) is 4.79. The molecule has 0 aliphatic rings. The molecule has 0 aliphatic heterocycles. The van der Waals surface area contributed by atoms with Gasteiger partial charge >= 0.3 is 0 Å². The molecule has 0 spiro atoms. The minimum absolute atomic E-state index is 0.0827. The van der Waals surface area contributed by atoms with E-state index in [1.54, 1.807) is 37.4 Å². The average Bonchev–Trinajstić information content (AvgIpc) is 2.56. The van der Waals surface area contributed by atoms with Crippen LogP contribution in [0, 0.1) is 0 Å². The summed E-state index contributed by atoms with van der Waals surface area (Å²) in [5.74, 6) is 0.341. The fourth-order valence-corrected chi connectivity index (χ4v) is 2.38. The molecule has 2 aromatic rings. The van der Waals surface area contributed by atoms with Crippen molar-refractivity contribution in [1.82, 2.24) is 5.32 Å². The van der Waals surface area contributed by atoms with Crippen molar-refractivity contribution in [2.45, 2.75) is 6.10 Å². The molecule has 4 nitrogen and oxygen atoms in total. The highest BCUT2D eigenvalue weighted by Gasteiger charge is 2.15. The number of methoxy groups -OCH3 is 1. The predicted molar refractivity (Wildman–Crippen MR) is 91.2 cm³/mol. The Balaban J connectivity index is 1.83. The van der Waals surface area contributed by atoms with E-state index in [2.05, 4.69) is 5.32 Å². The first-order chi connectivity index (χ1) is 11.1. The monoisotopic (exact) mass is 353 g/mol. The molecular formula is C17H17Cl2NO3. The number of hydrogen-bond donors (Lipinski definition) is 1. The maximum absolute atomic E-state index is 11.9. The van der Waals surface area contributed by atoms with Crippen LogP contribution in [0.4, 0.5) is 0 Å². The average molecular weight is 354 g/mol. The number of amides is 1. The number of nitrogens with one attached hydrogen (secondary N) is 1. The van der Waals surface area contributed by atoms with Crippen LogP contribution in [-0.4, -0.2) is 26.2 Å². The molecule has 1 atom stereocenters. The quantitative estimate of drug-likeness (QED) is 0.821. The summed E-state index contributed by atoms with van der Waals surface area (Å²) < 4.78 is 10.8. The third kappa shape index (κ3) is 5.43. The van der Waals surface area contributed by atoms with Crippen molar-refractivity contribution in [2.75, 3.05) is 20.3 Å².